The van der Waals surface area contributed by atoms with Gasteiger partial charge in [-0.3, -0.25) is 9.59 Å². The fraction of sp³-hybridized carbons (Fsp3) is 0.292. The molecule has 3 amide bonds. The van der Waals surface area contributed by atoms with E-state index in [2.05, 4.69) is 16.0 Å². The van der Waals surface area contributed by atoms with Gasteiger partial charge in [-0.25, -0.2) is 9.59 Å². The van der Waals surface area contributed by atoms with Crippen LogP contribution in [-0.2, 0) is 43.5 Å². The summed E-state index contributed by atoms with van der Waals surface area (Å²) < 4.78 is 17.3. The van der Waals surface area contributed by atoms with Crippen LogP contribution in [0, 0.1) is 5.92 Å². The van der Waals surface area contributed by atoms with Gasteiger partial charge in [-0.2, -0.15) is 0 Å². The van der Waals surface area contributed by atoms with Gasteiger partial charge in [0.15, 0.2) is 0 Å². The maximum Gasteiger partial charge on any atom is 0.407 e. The van der Waals surface area contributed by atoms with Gasteiger partial charge in [0.05, 0.1) is 0 Å². The first-order valence-electron chi connectivity index (χ1n) is 20.0. The number of amides is 3. The van der Waals surface area contributed by atoms with E-state index >= 15 is 0 Å². The number of rotatable bonds is 19. The number of alkyl carbamates (subject to hydrolysis) is 1. The molecule has 4 N–H and O–H groups in total. The van der Waals surface area contributed by atoms with E-state index in [1.807, 2.05) is 135 Å². The Balaban J connectivity index is 1.10. The third-order valence-electron chi connectivity index (χ3n) is 10.1. The molecule has 0 saturated carbocycles. The zero-order chi connectivity index (χ0) is 41.6. The van der Waals surface area contributed by atoms with Gasteiger partial charge in [-0.05, 0) is 69.8 Å². The number of hydrogen-bond donors (Lipinski definition) is 4. The smallest absolute Gasteiger partial charge is 0.407 e. The highest BCUT2D eigenvalue weighted by molar-refractivity contribution is 5.93. The van der Waals surface area contributed by atoms with Crippen LogP contribution in [0.25, 0.3) is 11.1 Å². The van der Waals surface area contributed by atoms with Crippen molar-refractivity contribution >= 4 is 23.9 Å². The van der Waals surface area contributed by atoms with Gasteiger partial charge in [0.1, 0.15) is 43.7 Å². The number of esters is 1. The normalized spacial score (nSPS) is 13.3. The molecule has 0 bridgehead atoms. The Bertz CT molecular complexity index is 2120. The molecule has 1 aliphatic carbocycles. The maximum atomic E-state index is 14.0. The lowest BCUT2D eigenvalue weighted by molar-refractivity contribution is -0.149. The molecule has 0 spiro atoms. The summed E-state index contributed by atoms with van der Waals surface area (Å²) in [5, 5.41) is 18.0. The fourth-order valence-electron chi connectivity index (χ4n) is 7.15. The van der Waals surface area contributed by atoms with Gasteiger partial charge in [-0.15, -0.1) is 0 Å². The molecule has 306 valence electrons. The first-order valence-corrected chi connectivity index (χ1v) is 20.0. The second kappa shape index (κ2) is 20.8. The minimum Gasteiger partial charge on any atom is -0.489 e. The number of carbonyl (C=O) groups excluding carboxylic acids is 4. The van der Waals surface area contributed by atoms with Crippen LogP contribution in [0.3, 0.4) is 0 Å². The maximum absolute atomic E-state index is 14.0. The first kappa shape index (κ1) is 42.2. The van der Waals surface area contributed by atoms with Gasteiger partial charge < -0.3 is 35.3 Å². The van der Waals surface area contributed by atoms with E-state index in [1.54, 1.807) is 12.1 Å². The zero-order valence-electron chi connectivity index (χ0n) is 33.3. The van der Waals surface area contributed by atoms with Gasteiger partial charge >= 0.3 is 12.1 Å². The highest BCUT2D eigenvalue weighted by Gasteiger charge is 2.32. The summed E-state index contributed by atoms with van der Waals surface area (Å²) >= 11 is 0. The molecule has 11 heteroatoms. The van der Waals surface area contributed by atoms with E-state index < -0.39 is 48.6 Å². The van der Waals surface area contributed by atoms with E-state index in [9.17, 15) is 24.3 Å². The molecule has 0 fully saturated rings. The van der Waals surface area contributed by atoms with Crippen molar-refractivity contribution in [2.45, 2.75) is 70.4 Å². The number of carbonyl (C=O) groups is 4. The highest BCUT2D eigenvalue weighted by atomic mass is 16.5. The SMILES string of the molecule is CC(C)C[C@H](NC(=O)[C@H](CCO)NC(=O)OCC1c2ccccc2-c2ccccc21)C(=O)N[C@@H](Cc1ccc(OCc2ccccc2)cc1)C(=O)OCc1ccccc1. The van der Waals surface area contributed by atoms with Crippen molar-refractivity contribution in [1.82, 2.24) is 16.0 Å². The molecule has 5 aromatic carbocycles. The summed E-state index contributed by atoms with van der Waals surface area (Å²) in [5.74, 6) is -1.49. The summed E-state index contributed by atoms with van der Waals surface area (Å²) in [7, 11) is 0. The van der Waals surface area contributed by atoms with Crippen molar-refractivity contribution in [3.8, 4) is 16.9 Å². The van der Waals surface area contributed by atoms with Crippen molar-refractivity contribution in [2.24, 2.45) is 5.92 Å². The minimum absolute atomic E-state index is 0.00877. The molecular weight excluding hydrogens is 747 g/mol. The molecule has 1 aliphatic rings. The van der Waals surface area contributed by atoms with Crippen LogP contribution < -0.4 is 20.7 Å². The highest BCUT2D eigenvalue weighted by Crippen LogP contribution is 2.44. The number of aliphatic hydroxyl groups excluding tert-OH is 1. The molecule has 0 heterocycles. The van der Waals surface area contributed by atoms with Crippen molar-refractivity contribution in [1.29, 1.82) is 0 Å². The molecule has 59 heavy (non-hydrogen) atoms. The van der Waals surface area contributed by atoms with Crippen LogP contribution in [0.5, 0.6) is 5.75 Å². The molecule has 11 nitrogen and oxygen atoms in total. The van der Waals surface area contributed by atoms with Gasteiger partial charge in [0.25, 0.3) is 0 Å². The molecule has 0 saturated heterocycles. The third kappa shape index (κ3) is 11.8. The lowest BCUT2D eigenvalue weighted by atomic mass is 9.98. The second-order valence-electron chi connectivity index (χ2n) is 15.0. The number of aliphatic hydroxyl groups is 1. The minimum atomic E-state index is -1.20. The molecule has 0 aromatic heterocycles. The van der Waals surface area contributed by atoms with Crippen molar-refractivity contribution in [3.63, 3.8) is 0 Å². The van der Waals surface area contributed by atoms with Crippen LogP contribution in [0.1, 0.15) is 60.4 Å². The van der Waals surface area contributed by atoms with Crippen molar-refractivity contribution < 1.29 is 38.5 Å². The van der Waals surface area contributed by atoms with E-state index in [4.69, 9.17) is 14.2 Å². The van der Waals surface area contributed by atoms with Crippen LogP contribution in [-0.4, -0.2) is 60.3 Å². The first-order chi connectivity index (χ1) is 28.7. The fourth-order valence-corrected chi connectivity index (χ4v) is 7.15. The van der Waals surface area contributed by atoms with E-state index in [0.29, 0.717) is 12.4 Å². The summed E-state index contributed by atoms with van der Waals surface area (Å²) in [6.45, 7) is 3.84. The summed E-state index contributed by atoms with van der Waals surface area (Å²) in [6.07, 6.45) is -0.612. The lowest BCUT2D eigenvalue weighted by Gasteiger charge is -2.26. The molecule has 6 rings (SSSR count). The van der Waals surface area contributed by atoms with Crippen LogP contribution >= 0.6 is 0 Å². The average molecular weight is 798 g/mol. The lowest BCUT2D eigenvalue weighted by Crippen LogP contribution is -2.56. The predicted octanol–water partition coefficient (Wildman–Crippen LogP) is 6.86. The Morgan fingerprint density at radius 1 is 0.593 bits per heavy atom. The van der Waals surface area contributed by atoms with E-state index in [0.717, 1.165) is 38.9 Å². The van der Waals surface area contributed by atoms with Crippen LogP contribution in [0.4, 0.5) is 4.79 Å². The van der Waals surface area contributed by atoms with Gasteiger partial charge in [0, 0.05) is 18.9 Å². The molecule has 5 aromatic rings. The van der Waals surface area contributed by atoms with Gasteiger partial charge in [0.2, 0.25) is 11.8 Å². The van der Waals surface area contributed by atoms with Crippen molar-refractivity contribution in [3.05, 3.63) is 161 Å². The molecule has 0 radical (unpaired) electrons. The van der Waals surface area contributed by atoms with Crippen molar-refractivity contribution in [2.75, 3.05) is 13.2 Å². The Labute approximate surface area is 345 Å². The molecule has 0 aliphatic heterocycles. The van der Waals surface area contributed by atoms with Crippen LogP contribution in [0.2, 0.25) is 0 Å². The predicted molar refractivity (Wildman–Crippen MR) is 224 cm³/mol. The number of hydrogen-bond acceptors (Lipinski definition) is 8. The number of ether oxygens (including phenoxy) is 3. The quantitative estimate of drug-likeness (QED) is 0.0662. The Morgan fingerprint density at radius 2 is 1.14 bits per heavy atom. The number of fused-ring (bicyclic) bond motifs is 3. The zero-order valence-corrected chi connectivity index (χ0v) is 33.3. The monoisotopic (exact) mass is 797 g/mol. The number of benzene rings is 5. The van der Waals surface area contributed by atoms with Gasteiger partial charge in [-0.1, -0.05) is 135 Å². The Hall–Kier alpha value is -6.46. The molecule has 3 atom stereocenters. The van der Waals surface area contributed by atoms with Crippen LogP contribution in [0.15, 0.2) is 133 Å². The molecule has 0 unspecified atom stereocenters. The second-order valence-corrected chi connectivity index (χ2v) is 15.0. The average Bonchev–Trinajstić information content (AvgIpc) is 3.57. The largest absolute Gasteiger partial charge is 0.489 e. The Kier molecular flexibility index (Phi) is 14.9. The molecular formula is C48H51N3O8. The summed E-state index contributed by atoms with van der Waals surface area (Å²) in [4.78, 5) is 54.5. The Morgan fingerprint density at radius 3 is 1.73 bits per heavy atom. The third-order valence-corrected chi connectivity index (χ3v) is 10.1. The van der Waals surface area contributed by atoms with E-state index in [1.165, 1.54) is 0 Å². The number of nitrogens with one attached hydrogen (secondary N) is 3. The van der Waals surface area contributed by atoms with E-state index in [-0.39, 0.29) is 44.3 Å². The summed E-state index contributed by atoms with van der Waals surface area (Å²) in [6, 6.07) is 38.8. The standard InChI is InChI=1S/C48H51N3O8/c1-32(2)27-43(49-45(53)42(25-26-52)51-48(56)59-31-41-39-19-11-9-17-37(39)38-18-10-12-20-40(38)41)46(54)50-44(47(55)58-30-35-15-7-4-8-16-35)28-33-21-23-36(24-22-33)57-29-34-13-5-3-6-14-34/h3-24,32,41-44,52H,25-31H2,1-2H3,(H,49,53)(H,50,54)(H,51,56)/t42-,43-,44-/m0/s1. The topological polar surface area (TPSA) is 152 Å². The summed E-state index contributed by atoms with van der Waals surface area (Å²) in [5.41, 5.74) is 6.81.